The van der Waals surface area contributed by atoms with Gasteiger partial charge in [-0.1, -0.05) is 32.8 Å². The molecule has 5 heterocycles. The third-order valence-electron chi connectivity index (χ3n) is 7.95. The number of ketones is 1. The van der Waals surface area contributed by atoms with E-state index in [1.54, 1.807) is 34.0 Å². The molecular weight excluding hydrogens is 549 g/mol. The predicted molar refractivity (Wildman–Crippen MR) is 171 cm³/mol. The molecule has 0 bridgehead atoms. The highest BCUT2D eigenvalue weighted by Gasteiger charge is 2.33. The molecule has 0 spiro atoms. The summed E-state index contributed by atoms with van der Waals surface area (Å²) >= 11 is 5.34. The standard InChI is InChI=1S/C34H30N2OS3/c1-3-5-7-20-13-22-15-26-31(32(37)25(22)14-21(20)8-6-4-2)34(30-17-24-19-36-12-10-28(24)39-30)40-33(26)29-16-23-18-35-11-9-27(23)38-29/h9-14,16-19H,3-8,15H2,1-2H3. The molecule has 0 atom stereocenters. The molecule has 0 saturated carbocycles. The SMILES string of the molecule is CCCCc1cc2c(cc1CCCC)C(=O)c1c(-c3cc4cnccc4s3)sc(-c3cc4cnccc4s3)c1C2. The van der Waals surface area contributed by atoms with Gasteiger partial charge in [-0.05, 0) is 78.3 Å². The van der Waals surface area contributed by atoms with E-state index in [0.717, 1.165) is 63.8 Å². The fourth-order valence-electron chi connectivity index (χ4n) is 5.86. The van der Waals surface area contributed by atoms with Crippen LogP contribution < -0.4 is 0 Å². The van der Waals surface area contributed by atoms with Crippen molar-refractivity contribution in [3.05, 3.63) is 94.6 Å². The van der Waals surface area contributed by atoms with Crippen molar-refractivity contribution in [3.8, 4) is 19.5 Å². The van der Waals surface area contributed by atoms with Gasteiger partial charge in [-0.2, -0.15) is 0 Å². The summed E-state index contributed by atoms with van der Waals surface area (Å²) in [5.74, 6) is 0.187. The second kappa shape index (κ2) is 10.7. The molecule has 6 aromatic rings. The summed E-state index contributed by atoms with van der Waals surface area (Å²) in [7, 11) is 0. The Morgan fingerprint density at radius 3 is 1.95 bits per heavy atom. The first-order valence-electron chi connectivity index (χ1n) is 14.2. The number of unbranched alkanes of at least 4 members (excludes halogenated alkanes) is 2. The minimum Gasteiger partial charge on any atom is -0.289 e. The Hall–Kier alpha value is -3.19. The van der Waals surface area contributed by atoms with Gasteiger partial charge >= 0.3 is 0 Å². The highest BCUT2D eigenvalue weighted by atomic mass is 32.1. The predicted octanol–water partition coefficient (Wildman–Crippen LogP) is 10.1. The summed E-state index contributed by atoms with van der Waals surface area (Å²) in [5.41, 5.74) is 7.01. The number of nitrogens with zero attached hydrogens (tertiary/aromatic N) is 2. The third kappa shape index (κ3) is 4.43. The molecule has 1 aliphatic carbocycles. The van der Waals surface area contributed by atoms with Crippen LogP contribution in [0.5, 0.6) is 0 Å². The van der Waals surface area contributed by atoms with Crippen molar-refractivity contribution in [2.24, 2.45) is 0 Å². The summed E-state index contributed by atoms with van der Waals surface area (Å²) in [6, 6.07) is 13.2. The molecule has 0 fully saturated rings. The monoisotopic (exact) mass is 578 g/mol. The molecule has 1 aromatic carbocycles. The number of thiophene rings is 3. The number of aromatic nitrogens is 2. The second-order valence-corrected chi connectivity index (χ2v) is 13.8. The number of hydrogen-bond acceptors (Lipinski definition) is 6. The van der Waals surface area contributed by atoms with Crippen LogP contribution in [-0.2, 0) is 19.3 Å². The molecule has 7 rings (SSSR count). The molecule has 5 aromatic heterocycles. The van der Waals surface area contributed by atoms with Crippen LogP contribution in [0.4, 0.5) is 0 Å². The summed E-state index contributed by atoms with van der Waals surface area (Å²) in [6.07, 6.45) is 15.2. The van der Waals surface area contributed by atoms with Crippen molar-refractivity contribution < 1.29 is 4.79 Å². The van der Waals surface area contributed by atoms with E-state index in [1.165, 1.54) is 54.2 Å². The van der Waals surface area contributed by atoms with E-state index < -0.39 is 0 Å². The largest absolute Gasteiger partial charge is 0.289 e. The number of carbonyl (C=O) groups is 1. The molecule has 0 unspecified atom stereocenters. The zero-order chi connectivity index (χ0) is 27.2. The van der Waals surface area contributed by atoms with Gasteiger partial charge < -0.3 is 0 Å². The van der Waals surface area contributed by atoms with Gasteiger partial charge in [-0.15, -0.1) is 34.0 Å². The lowest BCUT2D eigenvalue weighted by Gasteiger charge is -2.21. The van der Waals surface area contributed by atoms with Gasteiger partial charge in [0, 0.05) is 77.1 Å². The van der Waals surface area contributed by atoms with E-state index in [1.807, 2.05) is 24.8 Å². The zero-order valence-corrected chi connectivity index (χ0v) is 25.2. The van der Waals surface area contributed by atoms with Gasteiger partial charge in [-0.25, -0.2) is 0 Å². The summed E-state index contributed by atoms with van der Waals surface area (Å²) in [4.78, 5) is 27.9. The molecule has 0 saturated heterocycles. The smallest absolute Gasteiger partial charge is 0.195 e. The van der Waals surface area contributed by atoms with Gasteiger partial charge in [0.15, 0.2) is 5.78 Å². The maximum Gasteiger partial charge on any atom is 0.195 e. The van der Waals surface area contributed by atoms with E-state index in [2.05, 4.69) is 60.2 Å². The highest BCUT2D eigenvalue weighted by molar-refractivity contribution is 7.30. The minimum atomic E-state index is 0.187. The minimum absolute atomic E-state index is 0.187. The normalized spacial score (nSPS) is 12.8. The molecule has 6 heteroatoms. The molecule has 0 radical (unpaired) electrons. The molecule has 200 valence electrons. The zero-order valence-electron chi connectivity index (χ0n) is 22.8. The molecule has 3 nitrogen and oxygen atoms in total. The van der Waals surface area contributed by atoms with E-state index in [4.69, 9.17) is 0 Å². The first-order chi connectivity index (χ1) is 19.6. The second-order valence-electron chi connectivity index (χ2n) is 10.7. The van der Waals surface area contributed by atoms with Crippen LogP contribution in [0.25, 0.3) is 39.7 Å². The molecule has 0 N–H and O–H groups in total. The first-order valence-corrected chi connectivity index (χ1v) is 16.6. The van der Waals surface area contributed by atoms with Crippen molar-refractivity contribution in [1.29, 1.82) is 0 Å². The lowest BCUT2D eigenvalue weighted by atomic mass is 9.81. The number of carbonyl (C=O) groups excluding carboxylic acids is 1. The fraction of sp³-hybridized carbons (Fsp3) is 0.265. The van der Waals surface area contributed by atoms with E-state index in [0.29, 0.717) is 0 Å². The van der Waals surface area contributed by atoms with Gasteiger partial charge in [-0.3, -0.25) is 14.8 Å². The Bertz CT molecular complexity index is 1820. The van der Waals surface area contributed by atoms with Gasteiger partial charge in [0.25, 0.3) is 0 Å². The summed E-state index contributed by atoms with van der Waals surface area (Å²) in [5, 5.41) is 2.29. The maximum absolute atomic E-state index is 14.5. The number of pyridine rings is 2. The van der Waals surface area contributed by atoms with E-state index in [9.17, 15) is 4.79 Å². The van der Waals surface area contributed by atoms with Gasteiger partial charge in [0.1, 0.15) is 0 Å². The Labute approximate surface area is 246 Å². The van der Waals surface area contributed by atoms with Crippen LogP contribution in [0, 0.1) is 0 Å². The molecule has 40 heavy (non-hydrogen) atoms. The van der Waals surface area contributed by atoms with Crippen LogP contribution in [0.1, 0.15) is 77.7 Å². The van der Waals surface area contributed by atoms with E-state index >= 15 is 0 Å². The van der Waals surface area contributed by atoms with Crippen LogP contribution in [0.2, 0.25) is 0 Å². The van der Waals surface area contributed by atoms with Crippen molar-refractivity contribution in [2.75, 3.05) is 0 Å². The third-order valence-corrected chi connectivity index (χ3v) is 11.8. The highest BCUT2D eigenvalue weighted by Crippen LogP contribution is 2.51. The van der Waals surface area contributed by atoms with Crippen molar-refractivity contribution >= 4 is 60.0 Å². The molecule has 0 amide bonds. The first kappa shape index (κ1) is 25.8. The number of rotatable bonds is 8. The number of hydrogen-bond donors (Lipinski definition) is 0. The topological polar surface area (TPSA) is 42.9 Å². The van der Waals surface area contributed by atoms with Gasteiger partial charge in [0.05, 0.1) is 4.88 Å². The quantitative estimate of drug-likeness (QED) is 0.180. The molecule has 0 aliphatic heterocycles. The Morgan fingerprint density at radius 2 is 1.35 bits per heavy atom. The summed E-state index contributed by atoms with van der Waals surface area (Å²) < 4.78 is 2.43. The van der Waals surface area contributed by atoms with E-state index in [-0.39, 0.29) is 5.78 Å². The lowest BCUT2D eigenvalue weighted by molar-refractivity contribution is 0.103. The molecular formula is C34H30N2OS3. The Balaban J connectivity index is 1.42. The maximum atomic E-state index is 14.5. The number of benzene rings is 1. The average Bonchev–Trinajstić information content (AvgIpc) is 3.69. The van der Waals surface area contributed by atoms with Crippen LogP contribution in [0.15, 0.2) is 61.2 Å². The Kier molecular flexibility index (Phi) is 6.86. The lowest BCUT2D eigenvalue weighted by Crippen LogP contribution is -2.16. The van der Waals surface area contributed by atoms with Crippen molar-refractivity contribution in [3.63, 3.8) is 0 Å². The number of aryl methyl sites for hydroxylation is 2. The van der Waals surface area contributed by atoms with Gasteiger partial charge in [0.2, 0.25) is 0 Å². The fourth-order valence-corrected chi connectivity index (χ4v) is 9.47. The number of fused-ring (bicyclic) bond motifs is 4. The van der Waals surface area contributed by atoms with Crippen LogP contribution in [-0.4, -0.2) is 15.8 Å². The van der Waals surface area contributed by atoms with Crippen molar-refractivity contribution in [2.45, 2.75) is 58.8 Å². The summed E-state index contributed by atoms with van der Waals surface area (Å²) in [6.45, 7) is 4.50. The van der Waals surface area contributed by atoms with Crippen molar-refractivity contribution in [1.82, 2.24) is 9.97 Å². The molecule has 1 aliphatic rings. The van der Waals surface area contributed by atoms with Crippen LogP contribution in [0.3, 0.4) is 0 Å². The average molecular weight is 579 g/mol. The van der Waals surface area contributed by atoms with Crippen LogP contribution >= 0.6 is 34.0 Å². The Morgan fingerprint density at radius 1 is 0.750 bits per heavy atom.